The summed E-state index contributed by atoms with van der Waals surface area (Å²) in [6.45, 7) is 2.21. The van der Waals surface area contributed by atoms with Crippen LogP contribution in [0.25, 0.3) is 0 Å². The Labute approximate surface area is 233 Å². The van der Waals surface area contributed by atoms with Crippen LogP contribution in [0.15, 0.2) is 46.2 Å². The zero-order valence-electron chi connectivity index (χ0n) is 20.1. The lowest BCUT2D eigenvalue weighted by Crippen LogP contribution is -2.33. The summed E-state index contributed by atoms with van der Waals surface area (Å²) in [6, 6.07) is 10.9. The van der Waals surface area contributed by atoms with Crippen molar-refractivity contribution < 1.29 is 14.3 Å². The van der Waals surface area contributed by atoms with Crippen LogP contribution in [0.4, 0.5) is 5.69 Å². The summed E-state index contributed by atoms with van der Waals surface area (Å²) >= 11 is 15.2. The summed E-state index contributed by atoms with van der Waals surface area (Å²) in [7, 11) is 0. The van der Waals surface area contributed by atoms with Crippen molar-refractivity contribution in [2.75, 3.05) is 18.5 Å². The summed E-state index contributed by atoms with van der Waals surface area (Å²) in [5, 5.41) is 5.13. The molecule has 3 aromatic rings. The van der Waals surface area contributed by atoms with Gasteiger partial charge in [-0.15, -0.1) is 11.8 Å². The number of aromatic nitrogens is 1. The predicted molar refractivity (Wildman–Crippen MR) is 149 cm³/mol. The number of rotatable bonds is 7. The van der Waals surface area contributed by atoms with Crippen LogP contribution < -0.4 is 19.7 Å². The molecule has 37 heavy (non-hydrogen) atoms. The molecule has 1 aromatic heterocycles. The third kappa shape index (κ3) is 4.78. The minimum Gasteiger partial charge on any atom is -0.490 e. The normalized spacial score (nSPS) is 25.4. The maximum absolute atomic E-state index is 12.5. The third-order valence-corrected chi connectivity index (χ3v) is 11.0. The second kappa shape index (κ2) is 10.2. The van der Waals surface area contributed by atoms with Crippen molar-refractivity contribution in [1.29, 1.82) is 0 Å². The lowest BCUT2D eigenvalue weighted by atomic mass is 9.75. The first-order valence-electron chi connectivity index (χ1n) is 12.5. The number of benzene rings is 2. The van der Waals surface area contributed by atoms with Crippen LogP contribution in [0.1, 0.15) is 42.5 Å². The lowest BCUT2D eigenvalue weighted by molar-refractivity contribution is -0.118. The van der Waals surface area contributed by atoms with Gasteiger partial charge in [0.15, 0.2) is 18.1 Å². The topological polar surface area (TPSA) is 80.4 Å². The van der Waals surface area contributed by atoms with E-state index in [9.17, 15) is 9.59 Å². The first-order chi connectivity index (χ1) is 17.9. The Balaban J connectivity index is 1.24. The van der Waals surface area contributed by atoms with Crippen molar-refractivity contribution in [2.45, 2.75) is 42.4 Å². The maximum atomic E-state index is 12.5. The third-order valence-electron chi connectivity index (χ3n) is 7.65. The molecule has 2 heterocycles. The standard InChI is InChI=1S/C27H26Cl2N2O4S2/c1-2-34-20-10-14(5-8-19(20)35-12-21(32)30-16-6-7-17(28)18(29)11-16)23-22-13-3-4-15(9-13)24(22)36-26-25(23)37-27(33)31-26/h5-8,10-11,13,15,22-24H,2-4,9,12H2,1H3,(H,30,32)(H,31,33)/t13?,15?,22?,23-,24?/m1/s1. The summed E-state index contributed by atoms with van der Waals surface area (Å²) < 4.78 is 11.8. The van der Waals surface area contributed by atoms with E-state index >= 15 is 0 Å². The molecule has 4 unspecified atom stereocenters. The van der Waals surface area contributed by atoms with E-state index in [1.165, 1.54) is 30.6 Å². The van der Waals surface area contributed by atoms with E-state index in [0.717, 1.165) is 21.4 Å². The quantitative estimate of drug-likeness (QED) is 0.323. The van der Waals surface area contributed by atoms with E-state index in [0.29, 0.717) is 50.9 Å². The molecule has 6 nitrogen and oxygen atoms in total. The molecule has 2 saturated carbocycles. The molecule has 1 aliphatic heterocycles. The van der Waals surface area contributed by atoms with Crippen LogP contribution in [-0.4, -0.2) is 29.4 Å². The molecular weight excluding hydrogens is 551 g/mol. The van der Waals surface area contributed by atoms with Gasteiger partial charge in [0.05, 0.1) is 21.7 Å². The largest absolute Gasteiger partial charge is 0.490 e. The number of ether oxygens (including phenoxy) is 2. The van der Waals surface area contributed by atoms with E-state index in [4.69, 9.17) is 32.7 Å². The van der Waals surface area contributed by atoms with Crippen LogP contribution >= 0.6 is 46.3 Å². The molecule has 3 aliphatic rings. The number of anilines is 1. The lowest BCUT2D eigenvalue weighted by Gasteiger charge is -2.40. The van der Waals surface area contributed by atoms with Gasteiger partial charge in [0.25, 0.3) is 5.91 Å². The van der Waals surface area contributed by atoms with Crippen molar-refractivity contribution in [3.63, 3.8) is 0 Å². The van der Waals surface area contributed by atoms with Gasteiger partial charge >= 0.3 is 4.87 Å². The molecule has 0 spiro atoms. The molecule has 5 atom stereocenters. The molecule has 2 N–H and O–H groups in total. The molecular formula is C27H26Cl2N2O4S2. The number of hydrogen-bond donors (Lipinski definition) is 2. The van der Waals surface area contributed by atoms with Crippen LogP contribution in [-0.2, 0) is 4.79 Å². The highest BCUT2D eigenvalue weighted by molar-refractivity contribution is 8.00. The van der Waals surface area contributed by atoms with Gasteiger partial charge in [-0.1, -0.05) is 40.6 Å². The van der Waals surface area contributed by atoms with E-state index in [1.54, 1.807) is 18.2 Å². The molecule has 6 rings (SSSR count). The van der Waals surface area contributed by atoms with E-state index < -0.39 is 0 Å². The Hall–Kier alpha value is -2.13. The number of nitrogens with one attached hydrogen (secondary N) is 2. The smallest absolute Gasteiger partial charge is 0.305 e. The second-order valence-electron chi connectivity index (χ2n) is 9.78. The number of halogens is 2. The average Bonchev–Trinajstić information content (AvgIpc) is 3.58. The summed E-state index contributed by atoms with van der Waals surface area (Å²) in [5.41, 5.74) is 1.68. The van der Waals surface area contributed by atoms with Crippen LogP contribution in [0, 0.1) is 17.8 Å². The molecule has 2 aromatic carbocycles. The van der Waals surface area contributed by atoms with Gasteiger partial charge in [-0.05, 0) is 79.8 Å². The fourth-order valence-corrected chi connectivity index (χ4v) is 9.43. The molecule has 1 amide bonds. The number of aromatic amines is 1. The number of fused-ring (bicyclic) bond motifs is 6. The van der Waals surface area contributed by atoms with Crippen molar-refractivity contribution in [2.24, 2.45) is 17.8 Å². The predicted octanol–water partition coefficient (Wildman–Crippen LogP) is 6.81. The molecule has 10 heteroatoms. The average molecular weight is 578 g/mol. The molecule has 2 fully saturated rings. The van der Waals surface area contributed by atoms with Gasteiger partial charge in [0, 0.05) is 21.7 Å². The van der Waals surface area contributed by atoms with Crippen molar-refractivity contribution in [1.82, 2.24) is 4.98 Å². The minimum absolute atomic E-state index is 0.00722. The van der Waals surface area contributed by atoms with Gasteiger partial charge in [-0.3, -0.25) is 9.59 Å². The first kappa shape index (κ1) is 25.2. The van der Waals surface area contributed by atoms with Crippen molar-refractivity contribution in [3.05, 3.63) is 66.6 Å². The number of amides is 1. The number of hydrogen-bond acceptors (Lipinski definition) is 6. The fraction of sp³-hybridized carbons (Fsp3) is 0.407. The monoisotopic (exact) mass is 576 g/mol. The SMILES string of the molecule is CCOc1cc([C@H]2c3sc(=O)[nH]c3SC3C4CCC(C4)C32)ccc1OCC(=O)Nc1ccc(Cl)c(Cl)c1. The Morgan fingerprint density at radius 3 is 2.73 bits per heavy atom. The van der Waals surface area contributed by atoms with Crippen LogP contribution in [0.5, 0.6) is 11.5 Å². The Morgan fingerprint density at radius 2 is 1.92 bits per heavy atom. The Bertz CT molecular complexity index is 1410. The molecule has 0 saturated heterocycles. The zero-order chi connectivity index (χ0) is 25.7. The highest BCUT2D eigenvalue weighted by atomic mass is 35.5. The molecule has 194 valence electrons. The fourth-order valence-electron chi connectivity index (χ4n) is 6.24. The first-order valence-corrected chi connectivity index (χ1v) is 14.9. The molecule has 2 bridgehead atoms. The highest BCUT2D eigenvalue weighted by Crippen LogP contribution is 2.63. The van der Waals surface area contributed by atoms with E-state index in [1.807, 2.05) is 30.8 Å². The van der Waals surface area contributed by atoms with Gasteiger partial charge in [-0.2, -0.15) is 0 Å². The van der Waals surface area contributed by atoms with Gasteiger partial charge in [0.2, 0.25) is 0 Å². The number of carbonyl (C=O) groups is 1. The highest BCUT2D eigenvalue weighted by Gasteiger charge is 2.54. The van der Waals surface area contributed by atoms with Gasteiger partial charge in [-0.25, -0.2) is 0 Å². The minimum atomic E-state index is -0.319. The summed E-state index contributed by atoms with van der Waals surface area (Å²) in [6.07, 6.45) is 3.84. The number of thiazole rings is 1. The zero-order valence-corrected chi connectivity index (χ0v) is 23.2. The Kier molecular flexibility index (Phi) is 6.94. The van der Waals surface area contributed by atoms with Gasteiger partial charge in [0.1, 0.15) is 0 Å². The van der Waals surface area contributed by atoms with E-state index in [-0.39, 0.29) is 23.3 Å². The van der Waals surface area contributed by atoms with E-state index in [2.05, 4.69) is 16.4 Å². The van der Waals surface area contributed by atoms with Crippen LogP contribution in [0.2, 0.25) is 10.0 Å². The van der Waals surface area contributed by atoms with Crippen LogP contribution in [0.3, 0.4) is 0 Å². The number of H-pyrrole nitrogens is 1. The molecule has 0 radical (unpaired) electrons. The molecule has 2 aliphatic carbocycles. The van der Waals surface area contributed by atoms with Crippen molar-refractivity contribution in [3.8, 4) is 11.5 Å². The number of carbonyl (C=O) groups excluding carboxylic acids is 1. The summed E-state index contributed by atoms with van der Waals surface area (Å²) in [5.74, 6) is 2.88. The summed E-state index contributed by atoms with van der Waals surface area (Å²) in [4.78, 5) is 29.1. The maximum Gasteiger partial charge on any atom is 0.305 e. The number of thioether (sulfide) groups is 1. The van der Waals surface area contributed by atoms with Gasteiger partial charge < -0.3 is 19.8 Å². The van der Waals surface area contributed by atoms with Crippen molar-refractivity contribution >= 4 is 57.9 Å². The Morgan fingerprint density at radius 1 is 1.08 bits per heavy atom. The second-order valence-corrected chi connectivity index (χ2v) is 12.8.